The van der Waals surface area contributed by atoms with Crippen LogP contribution >= 0.6 is 0 Å². The monoisotopic (exact) mass is 521 g/mol. The van der Waals surface area contributed by atoms with E-state index in [9.17, 15) is 18.0 Å². The zero-order valence-electron chi connectivity index (χ0n) is 20.7. The van der Waals surface area contributed by atoms with Crippen LogP contribution in [-0.4, -0.2) is 79.1 Å². The number of alkyl halides is 3. The molecule has 1 aromatic rings. The summed E-state index contributed by atoms with van der Waals surface area (Å²) >= 11 is 0. The van der Waals surface area contributed by atoms with Crippen molar-refractivity contribution in [3.63, 3.8) is 0 Å². The Hall–Kier alpha value is -2.56. The van der Waals surface area contributed by atoms with Gasteiger partial charge in [0, 0.05) is 61.9 Å². The average molecular weight is 522 g/mol. The van der Waals surface area contributed by atoms with Gasteiger partial charge in [0.1, 0.15) is 6.61 Å². The minimum atomic E-state index is -4.44. The van der Waals surface area contributed by atoms with Crippen molar-refractivity contribution in [1.29, 1.82) is 0 Å². The number of anilines is 1. The molecule has 1 unspecified atom stereocenters. The Labute approximate surface area is 214 Å². The summed E-state index contributed by atoms with van der Waals surface area (Å²) in [6.45, 7) is 3.15. The number of rotatable bonds is 5. The van der Waals surface area contributed by atoms with E-state index in [1.807, 2.05) is 12.2 Å². The molecule has 0 aromatic heterocycles. The largest absolute Gasteiger partial charge is 0.447 e. The maximum atomic E-state index is 13.5. The van der Waals surface area contributed by atoms with Crippen LogP contribution in [-0.2, 0) is 15.7 Å². The number of nitrogens with zero attached hydrogens (tertiary/aromatic N) is 2. The molecule has 3 heterocycles. The Morgan fingerprint density at radius 2 is 1.97 bits per heavy atom. The topological polar surface area (TPSA) is 74.3 Å². The first-order valence-electron chi connectivity index (χ1n) is 13.0. The van der Waals surface area contributed by atoms with Gasteiger partial charge in [0.25, 0.3) is 0 Å². The summed E-state index contributed by atoms with van der Waals surface area (Å²) in [5.74, 6) is 0.221. The van der Waals surface area contributed by atoms with Crippen molar-refractivity contribution in [2.75, 3.05) is 51.3 Å². The van der Waals surface area contributed by atoms with Crippen molar-refractivity contribution in [1.82, 2.24) is 9.80 Å². The van der Waals surface area contributed by atoms with Crippen LogP contribution in [0, 0.1) is 11.8 Å². The summed E-state index contributed by atoms with van der Waals surface area (Å²) in [5.41, 5.74) is 0.492. The SMILES string of the molecule is O=C(OC[C@H]1CC[C@@H]2[C@H](O1)c1cc(C(F)(F)F)ccc1N[C@H]2C1C=CC=CC1)N1CCN(CCO)CC1. The molecule has 0 bridgehead atoms. The van der Waals surface area contributed by atoms with Gasteiger partial charge in [-0.3, -0.25) is 4.90 Å². The number of hydrogen-bond donors (Lipinski definition) is 2. The zero-order valence-corrected chi connectivity index (χ0v) is 20.7. The minimum Gasteiger partial charge on any atom is -0.447 e. The first-order valence-corrected chi connectivity index (χ1v) is 13.0. The number of carbonyl (C=O) groups is 1. The smallest absolute Gasteiger partial charge is 0.416 e. The first-order chi connectivity index (χ1) is 17.8. The molecule has 4 aliphatic rings. The second-order valence-electron chi connectivity index (χ2n) is 10.2. The number of aliphatic hydroxyl groups is 1. The molecule has 202 valence electrons. The summed E-state index contributed by atoms with van der Waals surface area (Å²) in [6.07, 6.45) is 4.82. The van der Waals surface area contributed by atoms with Crippen molar-refractivity contribution in [2.24, 2.45) is 11.8 Å². The molecular formula is C27H34F3N3O4. The van der Waals surface area contributed by atoms with Crippen molar-refractivity contribution < 1.29 is 32.5 Å². The molecule has 0 spiro atoms. The van der Waals surface area contributed by atoms with Gasteiger partial charge >= 0.3 is 12.3 Å². The summed E-state index contributed by atoms with van der Waals surface area (Å²) in [7, 11) is 0. The maximum Gasteiger partial charge on any atom is 0.416 e. The molecule has 2 fully saturated rings. The van der Waals surface area contributed by atoms with E-state index in [4.69, 9.17) is 14.6 Å². The van der Waals surface area contributed by atoms with Crippen molar-refractivity contribution in [3.05, 3.63) is 53.6 Å². The highest BCUT2D eigenvalue weighted by Crippen LogP contribution is 2.49. The van der Waals surface area contributed by atoms with Crippen molar-refractivity contribution >= 4 is 11.8 Å². The lowest BCUT2D eigenvalue weighted by Gasteiger charge is -2.47. The van der Waals surface area contributed by atoms with Crippen LogP contribution in [0.5, 0.6) is 0 Å². The van der Waals surface area contributed by atoms with Gasteiger partial charge in [0.15, 0.2) is 0 Å². The number of aliphatic hydroxyl groups excluding tert-OH is 1. The molecule has 0 radical (unpaired) electrons. The van der Waals surface area contributed by atoms with E-state index in [0.29, 0.717) is 50.4 Å². The average Bonchev–Trinajstić information content (AvgIpc) is 2.91. The fraction of sp³-hybridized carbons (Fsp3) is 0.593. The number of hydrogen-bond acceptors (Lipinski definition) is 6. The van der Waals surface area contributed by atoms with Crippen LogP contribution in [0.3, 0.4) is 0 Å². The van der Waals surface area contributed by atoms with Gasteiger partial charge in [0.2, 0.25) is 0 Å². The molecule has 5 atom stereocenters. The van der Waals surface area contributed by atoms with E-state index >= 15 is 0 Å². The fourth-order valence-electron chi connectivity index (χ4n) is 5.93. The summed E-state index contributed by atoms with van der Waals surface area (Å²) in [5, 5.41) is 12.6. The number of amides is 1. The molecule has 10 heteroatoms. The number of ether oxygens (including phenoxy) is 2. The van der Waals surface area contributed by atoms with Gasteiger partial charge in [-0.05, 0) is 37.5 Å². The number of halogens is 3. The normalized spacial score (nSPS) is 29.8. The highest BCUT2D eigenvalue weighted by Gasteiger charge is 2.45. The number of fused-ring (bicyclic) bond motifs is 3. The third-order valence-corrected chi connectivity index (χ3v) is 7.93. The number of benzene rings is 1. The molecule has 37 heavy (non-hydrogen) atoms. The number of allylic oxidation sites excluding steroid dienone is 3. The standard InChI is InChI=1S/C27H34F3N3O4/c28-27(29,30)19-6-9-23-22(16-19)25-21(24(31-23)18-4-2-1-3-5-18)8-7-20(37-25)17-36-26(35)33-12-10-32(11-13-33)14-15-34/h1-4,6,9,16,18,20-21,24-25,31,34H,5,7-8,10-15,17H2/t18?,20-,21+,24+,25+/m1/s1. The molecule has 7 nitrogen and oxygen atoms in total. The van der Waals surface area contributed by atoms with E-state index in [1.165, 1.54) is 12.1 Å². The fourth-order valence-corrected chi connectivity index (χ4v) is 5.93. The molecule has 1 aromatic carbocycles. The van der Waals surface area contributed by atoms with Crippen LogP contribution in [0.2, 0.25) is 0 Å². The Morgan fingerprint density at radius 1 is 1.16 bits per heavy atom. The van der Waals surface area contributed by atoms with Crippen molar-refractivity contribution in [2.45, 2.75) is 43.7 Å². The van der Waals surface area contributed by atoms with Crippen LogP contribution in [0.1, 0.15) is 36.5 Å². The number of piperazine rings is 1. The lowest BCUT2D eigenvalue weighted by Crippen LogP contribution is -2.50. The van der Waals surface area contributed by atoms with E-state index in [-0.39, 0.29) is 37.2 Å². The predicted molar refractivity (Wildman–Crippen MR) is 132 cm³/mol. The summed E-state index contributed by atoms with van der Waals surface area (Å²) in [4.78, 5) is 16.4. The minimum absolute atomic E-state index is 0.00341. The third kappa shape index (κ3) is 5.81. The molecule has 2 saturated heterocycles. The Kier molecular flexibility index (Phi) is 7.78. The van der Waals surface area contributed by atoms with Crippen LogP contribution in [0.15, 0.2) is 42.5 Å². The molecule has 3 aliphatic heterocycles. The molecule has 1 amide bonds. The summed E-state index contributed by atoms with van der Waals surface area (Å²) in [6, 6.07) is 3.86. The van der Waals surface area contributed by atoms with Crippen molar-refractivity contribution in [3.8, 4) is 0 Å². The quantitative estimate of drug-likeness (QED) is 0.605. The second-order valence-corrected chi connectivity index (χ2v) is 10.2. The number of carbonyl (C=O) groups excluding carboxylic acids is 1. The van der Waals surface area contributed by atoms with Crippen LogP contribution in [0.4, 0.5) is 23.7 Å². The molecule has 5 rings (SSSR count). The lowest BCUT2D eigenvalue weighted by molar-refractivity contribution is -0.138. The molecule has 0 saturated carbocycles. The Bertz CT molecular complexity index is 1020. The van der Waals surface area contributed by atoms with Gasteiger partial charge in [-0.2, -0.15) is 13.2 Å². The highest BCUT2D eigenvalue weighted by molar-refractivity contribution is 5.67. The first kappa shape index (κ1) is 26.1. The van der Waals surface area contributed by atoms with Gasteiger partial charge < -0.3 is 24.8 Å². The van der Waals surface area contributed by atoms with Gasteiger partial charge in [-0.25, -0.2) is 4.79 Å². The molecule has 1 aliphatic carbocycles. The second kappa shape index (κ2) is 11.0. The maximum absolute atomic E-state index is 13.5. The van der Waals surface area contributed by atoms with Gasteiger partial charge in [-0.1, -0.05) is 24.3 Å². The van der Waals surface area contributed by atoms with E-state index in [2.05, 4.69) is 22.4 Å². The Morgan fingerprint density at radius 3 is 2.68 bits per heavy atom. The van der Waals surface area contributed by atoms with Crippen LogP contribution in [0.25, 0.3) is 0 Å². The lowest BCUT2D eigenvalue weighted by atomic mass is 9.73. The van der Waals surface area contributed by atoms with Crippen LogP contribution < -0.4 is 5.32 Å². The van der Waals surface area contributed by atoms with E-state index in [0.717, 1.165) is 18.9 Å². The number of nitrogens with one attached hydrogen (secondary N) is 1. The summed E-state index contributed by atoms with van der Waals surface area (Å²) < 4.78 is 52.6. The molecule has 2 N–H and O–H groups in total. The van der Waals surface area contributed by atoms with Gasteiger partial charge in [-0.15, -0.1) is 0 Å². The zero-order chi connectivity index (χ0) is 26.0. The van der Waals surface area contributed by atoms with E-state index < -0.39 is 23.9 Å². The highest BCUT2D eigenvalue weighted by atomic mass is 19.4. The van der Waals surface area contributed by atoms with E-state index in [1.54, 1.807) is 4.90 Å². The third-order valence-electron chi connectivity index (χ3n) is 7.93. The molecular weight excluding hydrogens is 487 g/mol. The number of β-amino-alcohol motifs (C(OH)–C–C–N with tert-alkyl or cyclic N) is 1. The van der Waals surface area contributed by atoms with Gasteiger partial charge in [0.05, 0.1) is 24.4 Å². The Balaban J connectivity index is 1.28. The predicted octanol–water partition coefficient (Wildman–Crippen LogP) is 4.21.